The van der Waals surface area contributed by atoms with E-state index in [0.717, 1.165) is 46.8 Å². The molecule has 4 aromatic carbocycles. The Labute approximate surface area is 245 Å². The van der Waals surface area contributed by atoms with Crippen molar-refractivity contribution in [3.8, 4) is 0 Å². The van der Waals surface area contributed by atoms with Gasteiger partial charge in [-0.3, -0.25) is 9.52 Å². The number of nitrogens with one attached hydrogen (secondary N) is 1. The molecule has 0 spiro atoms. The molecule has 0 aliphatic carbocycles. The van der Waals surface area contributed by atoms with Crippen molar-refractivity contribution in [3.05, 3.63) is 120 Å². The molecule has 11 heteroatoms. The third-order valence-corrected chi connectivity index (χ3v) is 7.43. The Morgan fingerprint density at radius 2 is 1.20 bits per heavy atom. The van der Waals surface area contributed by atoms with E-state index in [1.807, 2.05) is 86.5 Å². The van der Waals surface area contributed by atoms with Crippen molar-refractivity contribution in [3.63, 3.8) is 0 Å². The van der Waals surface area contributed by atoms with Crippen LogP contribution in [0.1, 0.15) is 21.5 Å². The van der Waals surface area contributed by atoms with Gasteiger partial charge in [0.1, 0.15) is 5.82 Å². The third-order valence-electron chi connectivity index (χ3n) is 6.05. The fourth-order valence-electron chi connectivity index (χ4n) is 3.87. The lowest BCUT2D eigenvalue weighted by atomic mass is 10.0. The summed E-state index contributed by atoms with van der Waals surface area (Å²) >= 11 is 0. The average Bonchev–Trinajstić information content (AvgIpc) is 2.92. The average molecular weight is 598 g/mol. The van der Waals surface area contributed by atoms with E-state index in [-0.39, 0.29) is 34.0 Å². The van der Waals surface area contributed by atoms with Gasteiger partial charge in [0.05, 0.1) is 21.9 Å². The molecule has 3 N–H and O–H groups in total. The van der Waals surface area contributed by atoms with Crippen molar-refractivity contribution in [2.75, 3.05) is 42.7 Å². The molecule has 0 saturated carbocycles. The highest BCUT2D eigenvalue weighted by Crippen LogP contribution is 2.24. The first kappa shape index (κ1) is 33.0. The fourth-order valence-corrected chi connectivity index (χ4v) is 4.95. The van der Waals surface area contributed by atoms with Gasteiger partial charge in [-0.2, -0.15) is 0 Å². The van der Waals surface area contributed by atoms with Crippen molar-refractivity contribution >= 4 is 38.7 Å². The van der Waals surface area contributed by atoms with Gasteiger partial charge in [-0.15, -0.1) is 0 Å². The molecule has 0 aromatic heterocycles. The zero-order valence-corrected chi connectivity index (χ0v) is 24.5. The number of amides is 1. The predicted octanol–water partition coefficient (Wildman–Crippen LogP) is 1.62. The molecule has 216 valence electrons. The number of rotatable bonds is 8. The SMILES string of the molecule is CN(C)c1ccc(C(=NC(=O)c2ccccc2NS(=O)(=O)c2ccc(F)cc2)c2ccc(N(C)C)cc2)cc1.O.[Cl-]. The first-order chi connectivity index (χ1) is 18.5. The van der Waals surface area contributed by atoms with Gasteiger partial charge in [-0.1, -0.05) is 36.4 Å². The molecular formula is C30H31ClFN4O4S-. The van der Waals surface area contributed by atoms with E-state index in [4.69, 9.17) is 0 Å². The quantitative estimate of drug-likeness (QED) is 0.310. The number of aliphatic imine (C=N–C) groups is 1. The minimum Gasteiger partial charge on any atom is -1.00 e. The van der Waals surface area contributed by atoms with Crippen LogP contribution in [0.5, 0.6) is 0 Å². The molecule has 1 amide bonds. The lowest BCUT2D eigenvalue weighted by Gasteiger charge is -2.16. The highest BCUT2D eigenvalue weighted by Gasteiger charge is 2.20. The Bertz CT molecular complexity index is 1550. The highest BCUT2D eigenvalue weighted by molar-refractivity contribution is 7.92. The smallest absolute Gasteiger partial charge is 0.279 e. The zero-order valence-electron chi connectivity index (χ0n) is 23.0. The molecule has 0 bridgehead atoms. The number of sulfonamides is 1. The van der Waals surface area contributed by atoms with E-state index < -0.39 is 21.7 Å². The summed E-state index contributed by atoms with van der Waals surface area (Å²) in [5.41, 5.74) is 4.05. The minimum atomic E-state index is -4.07. The lowest BCUT2D eigenvalue weighted by molar-refractivity contribution is -0.0000200. The van der Waals surface area contributed by atoms with E-state index in [2.05, 4.69) is 9.71 Å². The molecule has 4 aromatic rings. The Kier molecular flexibility index (Phi) is 11.2. The summed E-state index contributed by atoms with van der Waals surface area (Å²) in [7, 11) is 3.70. The zero-order chi connectivity index (χ0) is 28.2. The summed E-state index contributed by atoms with van der Waals surface area (Å²) in [5, 5.41) is 0. The van der Waals surface area contributed by atoms with Gasteiger partial charge in [-0.05, 0) is 60.7 Å². The van der Waals surface area contributed by atoms with Gasteiger partial charge in [0.25, 0.3) is 15.9 Å². The molecule has 0 fully saturated rings. The normalized spacial score (nSPS) is 10.5. The maximum Gasteiger partial charge on any atom is 0.279 e. The largest absolute Gasteiger partial charge is 1.00 e. The van der Waals surface area contributed by atoms with Crippen LogP contribution < -0.4 is 26.9 Å². The standard InChI is InChI=1S/C30H29FN4O3S.ClH.H2O/c1-34(2)24-15-9-21(10-16-24)29(22-11-17-25(18-12-22)35(3)4)32-30(36)27-7-5-6-8-28(27)33-39(37,38)26-19-13-23(31)14-20-26;;/h5-20,33H,1-4H3;1H;1H2/p-1. The molecule has 4 rings (SSSR count). The van der Waals surface area contributed by atoms with Crippen molar-refractivity contribution in [1.29, 1.82) is 0 Å². The summed E-state index contributed by atoms with van der Waals surface area (Å²) < 4.78 is 41.6. The summed E-state index contributed by atoms with van der Waals surface area (Å²) in [6.07, 6.45) is 0. The van der Waals surface area contributed by atoms with Gasteiger partial charge in [0.2, 0.25) is 0 Å². The molecular weight excluding hydrogens is 567 g/mol. The summed E-state index contributed by atoms with van der Waals surface area (Å²) in [6.45, 7) is 0. The predicted molar refractivity (Wildman–Crippen MR) is 159 cm³/mol. The van der Waals surface area contributed by atoms with Gasteiger partial charge < -0.3 is 27.7 Å². The maximum atomic E-state index is 13.6. The Morgan fingerprint density at radius 1 is 0.732 bits per heavy atom. The minimum absolute atomic E-state index is 0. The molecule has 0 heterocycles. The molecule has 41 heavy (non-hydrogen) atoms. The second-order valence-corrected chi connectivity index (χ2v) is 10.9. The second kappa shape index (κ2) is 13.9. The van der Waals surface area contributed by atoms with E-state index in [1.165, 1.54) is 12.1 Å². The van der Waals surface area contributed by atoms with Crippen LogP contribution in [0, 0.1) is 5.82 Å². The fraction of sp³-hybridized carbons (Fsp3) is 0.133. The van der Waals surface area contributed by atoms with Crippen molar-refractivity contribution in [2.24, 2.45) is 4.99 Å². The van der Waals surface area contributed by atoms with E-state index in [9.17, 15) is 17.6 Å². The van der Waals surface area contributed by atoms with Crippen molar-refractivity contribution in [2.45, 2.75) is 4.90 Å². The Balaban J connectivity index is 0.00000294. The number of hydrogen-bond acceptors (Lipinski definition) is 5. The van der Waals surface area contributed by atoms with Gasteiger partial charge in [0.15, 0.2) is 0 Å². The number of halogens is 2. The number of anilines is 3. The summed E-state index contributed by atoms with van der Waals surface area (Å²) in [5.74, 6) is -1.17. The van der Waals surface area contributed by atoms with Crippen LogP contribution >= 0.6 is 0 Å². The third kappa shape index (κ3) is 7.91. The summed E-state index contributed by atoms with van der Waals surface area (Å²) in [4.78, 5) is 21.8. The molecule has 0 aliphatic rings. The van der Waals surface area contributed by atoms with Crippen molar-refractivity contribution < 1.29 is 35.5 Å². The van der Waals surface area contributed by atoms with Crippen LogP contribution in [0.4, 0.5) is 21.5 Å². The van der Waals surface area contributed by atoms with Crippen LogP contribution in [0.25, 0.3) is 0 Å². The van der Waals surface area contributed by atoms with Crippen molar-refractivity contribution in [1.82, 2.24) is 0 Å². The van der Waals surface area contributed by atoms with E-state index in [0.29, 0.717) is 5.71 Å². The number of hydrogen-bond donors (Lipinski definition) is 1. The molecule has 8 nitrogen and oxygen atoms in total. The number of carbonyl (C=O) groups is 1. The molecule has 0 unspecified atom stereocenters. The second-order valence-electron chi connectivity index (χ2n) is 9.25. The monoisotopic (exact) mass is 597 g/mol. The van der Waals surface area contributed by atoms with Crippen LogP contribution in [0.2, 0.25) is 0 Å². The lowest BCUT2D eigenvalue weighted by Crippen LogP contribution is -3.00. The topological polar surface area (TPSA) is 114 Å². The Hall–Kier alpha value is -4.25. The van der Waals surface area contributed by atoms with Gasteiger partial charge in [-0.25, -0.2) is 17.8 Å². The van der Waals surface area contributed by atoms with Gasteiger partial charge in [0, 0.05) is 50.7 Å². The molecule has 0 atom stereocenters. The van der Waals surface area contributed by atoms with Crippen LogP contribution in [-0.4, -0.2) is 53.7 Å². The first-order valence-corrected chi connectivity index (χ1v) is 13.6. The van der Waals surface area contributed by atoms with Crippen LogP contribution in [0.15, 0.2) is 107 Å². The first-order valence-electron chi connectivity index (χ1n) is 12.1. The molecule has 0 aliphatic heterocycles. The maximum absolute atomic E-state index is 13.6. The van der Waals surface area contributed by atoms with E-state index in [1.54, 1.807) is 12.1 Å². The molecule has 0 saturated heterocycles. The number of para-hydroxylation sites is 1. The number of carbonyl (C=O) groups excluding carboxylic acids is 1. The van der Waals surface area contributed by atoms with E-state index >= 15 is 0 Å². The molecule has 0 radical (unpaired) electrons. The number of nitrogens with zero attached hydrogens (tertiary/aromatic N) is 3. The van der Waals surface area contributed by atoms with Crippen LogP contribution in [-0.2, 0) is 10.0 Å². The Morgan fingerprint density at radius 3 is 1.66 bits per heavy atom. The van der Waals surface area contributed by atoms with Gasteiger partial charge >= 0.3 is 0 Å². The summed E-state index contributed by atoms with van der Waals surface area (Å²) in [6, 6.07) is 26.0. The van der Waals surface area contributed by atoms with Crippen LogP contribution in [0.3, 0.4) is 0 Å². The highest BCUT2D eigenvalue weighted by atomic mass is 35.5. The number of benzene rings is 4.